The summed E-state index contributed by atoms with van der Waals surface area (Å²) in [6, 6.07) is 5.21. The summed E-state index contributed by atoms with van der Waals surface area (Å²) in [5.74, 6) is 0.530. The van der Waals surface area contributed by atoms with Gasteiger partial charge in [0.1, 0.15) is 10.8 Å². The molecular weight excluding hydrogens is 337 g/mol. The smallest absolute Gasteiger partial charge is 0.191 e. The second-order valence-corrected chi connectivity index (χ2v) is 7.22. The van der Waals surface area contributed by atoms with Crippen molar-refractivity contribution in [2.24, 2.45) is 4.99 Å². The molecule has 0 unspecified atom stereocenters. The maximum Gasteiger partial charge on any atom is 0.191 e. The maximum absolute atomic E-state index is 13.8. The average Bonchev–Trinajstić information content (AvgIpc) is 3.05. The summed E-state index contributed by atoms with van der Waals surface area (Å²) in [5, 5.41) is 7.55. The molecule has 0 aliphatic heterocycles. The molecule has 1 aromatic heterocycles. The van der Waals surface area contributed by atoms with Gasteiger partial charge in [-0.1, -0.05) is 13.0 Å². The highest BCUT2D eigenvalue weighted by atomic mass is 32.1. The number of hydrogen-bond acceptors (Lipinski definition) is 4. The van der Waals surface area contributed by atoms with Crippen LogP contribution >= 0.6 is 11.3 Å². The Morgan fingerprint density at radius 3 is 2.68 bits per heavy atom. The van der Waals surface area contributed by atoms with Crippen molar-refractivity contribution in [1.29, 1.82) is 0 Å². The van der Waals surface area contributed by atoms with Gasteiger partial charge in [-0.15, -0.1) is 11.3 Å². The number of aromatic nitrogens is 1. The maximum atomic E-state index is 13.8. The minimum absolute atomic E-state index is 0.171. The van der Waals surface area contributed by atoms with Crippen molar-refractivity contribution in [1.82, 2.24) is 20.5 Å². The Labute approximate surface area is 153 Å². The molecule has 1 aromatic carbocycles. The highest BCUT2D eigenvalue weighted by Crippen LogP contribution is 2.13. The van der Waals surface area contributed by atoms with E-state index in [1.165, 1.54) is 10.9 Å². The van der Waals surface area contributed by atoms with Crippen LogP contribution in [0.5, 0.6) is 0 Å². The summed E-state index contributed by atoms with van der Waals surface area (Å²) in [7, 11) is 5.59. The molecule has 0 bridgehead atoms. The number of benzene rings is 1. The monoisotopic (exact) mass is 363 g/mol. The van der Waals surface area contributed by atoms with Crippen LogP contribution < -0.4 is 10.6 Å². The molecule has 5 nitrogen and oxygen atoms in total. The van der Waals surface area contributed by atoms with Crippen LogP contribution in [0.25, 0.3) is 0 Å². The highest BCUT2D eigenvalue weighted by molar-refractivity contribution is 7.11. The van der Waals surface area contributed by atoms with Crippen LogP contribution in [0.15, 0.2) is 29.4 Å². The van der Waals surface area contributed by atoms with Crippen LogP contribution in [-0.2, 0) is 26.1 Å². The second-order valence-electron chi connectivity index (χ2n) is 6.02. The number of nitrogens with one attached hydrogen (secondary N) is 2. The van der Waals surface area contributed by atoms with Gasteiger partial charge in [0, 0.05) is 36.8 Å². The van der Waals surface area contributed by atoms with Gasteiger partial charge in [0.05, 0.1) is 6.54 Å². The Balaban J connectivity index is 1.89. The first-order valence-corrected chi connectivity index (χ1v) is 9.13. The predicted octanol–water partition coefficient (Wildman–Crippen LogP) is 2.77. The van der Waals surface area contributed by atoms with E-state index in [1.54, 1.807) is 24.5 Å². The zero-order valence-corrected chi connectivity index (χ0v) is 16.1. The standard InChI is InChI=1S/C18H26FN5S/c1-5-15-10-21-17(25-15)11-23-18(20-2)22-9-13-6-7-16(19)14(8-13)12-24(3)4/h6-8,10H,5,9,11-12H2,1-4H3,(H2,20,22,23). The van der Waals surface area contributed by atoms with E-state index in [0.29, 0.717) is 31.2 Å². The molecule has 0 saturated heterocycles. The summed E-state index contributed by atoms with van der Waals surface area (Å²) in [4.78, 5) is 11.8. The number of halogens is 1. The van der Waals surface area contributed by atoms with Gasteiger partial charge in [-0.05, 0) is 38.2 Å². The van der Waals surface area contributed by atoms with Crippen LogP contribution in [0.2, 0.25) is 0 Å². The summed E-state index contributed by atoms with van der Waals surface area (Å²) in [5.41, 5.74) is 1.71. The van der Waals surface area contributed by atoms with Crippen molar-refractivity contribution in [3.8, 4) is 0 Å². The van der Waals surface area contributed by atoms with E-state index < -0.39 is 0 Å². The zero-order valence-electron chi connectivity index (χ0n) is 15.3. The molecule has 0 saturated carbocycles. The summed E-state index contributed by atoms with van der Waals surface area (Å²) in [6.45, 7) is 3.92. The molecule has 0 amide bonds. The molecule has 0 fully saturated rings. The Morgan fingerprint density at radius 1 is 1.28 bits per heavy atom. The third-order valence-corrected chi connectivity index (χ3v) is 4.78. The van der Waals surface area contributed by atoms with Crippen molar-refractivity contribution in [3.05, 3.63) is 51.2 Å². The van der Waals surface area contributed by atoms with E-state index in [4.69, 9.17) is 0 Å². The van der Waals surface area contributed by atoms with Crippen molar-refractivity contribution in [2.45, 2.75) is 33.0 Å². The minimum Gasteiger partial charge on any atom is -0.352 e. The molecule has 0 aliphatic rings. The van der Waals surface area contributed by atoms with Crippen molar-refractivity contribution in [2.75, 3.05) is 21.1 Å². The third-order valence-electron chi connectivity index (χ3n) is 3.64. The minimum atomic E-state index is -0.171. The van der Waals surface area contributed by atoms with Crippen LogP contribution in [0, 0.1) is 5.82 Å². The molecule has 2 rings (SSSR count). The molecule has 1 heterocycles. The zero-order chi connectivity index (χ0) is 18.2. The number of rotatable bonds is 7. The molecular formula is C18H26FN5S. The molecule has 7 heteroatoms. The normalized spacial score (nSPS) is 11.8. The quantitative estimate of drug-likeness (QED) is 0.587. The molecule has 0 spiro atoms. The second kappa shape index (κ2) is 9.48. The van der Waals surface area contributed by atoms with Crippen LogP contribution in [0.4, 0.5) is 4.39 Å². The predicted molar refractivity (Wildman–Crippen MR) is 102 cm³/mol. The van der Waals surface area contributed by atoms with E-state index in [9.17, 15) is 4.39 Å². The fourth-order valence-electron chi connectivity index (χ4n) is 2.36. The summed E-state index contributed by atoms with van der Waals surface area (Å²) in [6.07, 6.45) is 2.92. The molecule has 25 heavy (non-hydrogen) atoms. The van der Waals surface area contributed by atoms with Gasteiger partial charge in [0.2, 0.25) is 0 Å². The van der Waals surface area contributed by atoms with Gasteiger partial charge in [-0.2, -0.15) is 0 Å². The first-order valence-electron chi connectivity index (χ1n) is 8.32. The molecule has 2 aromatic rings. The van der Waals surface area contributed by atoms with Gasteiger partial charge >= 0.3 is 0 Å². The molecule has 2 N–H and O–H groups in total. The Kier molecular flexibility index (Phi) is 7.33. The Morgan fingerprint density at radius 2 is 2.04 bits per heavy atom. The summed E-state index contributed by atoms with van der Waals surface area (Å²) >= 11 is 1.71. The molecule has 0 aliphatic carbocycles. The van der Waals surface area contributed by atoms with Gasteiger partial charge in [0.25, 0.3) is 0 Å². The Hall–Kier alpha value is -1.99. The first-order chi connectivity index (χ1) is 12.0. The van der Waals surface area contributed by atoms with E-state index in [0.717, 1.165) is 17.0 Å². The van der Waals surface area contributed by atoms with Crippen molar-refractivity contribution in [3.63, 3.8) is 0 Å². The fourth-order valence-corrected chi connectivity index (χ4v) is 3.16. The number of thiazole rings is 1. The van der Waals surface area contributed by atoms with Crippen LogP contribution in [0.3, 0.4) is 0 Å². The summed E-state index contributed by atoms with van der Waals surface area (Å²) < 4.78 is 13.8. The lowest BCUT2D eigenvalue weighted by atomic mass is 10.1. The number of guanidine groups is 1. The van der Waals surface area contributed by atoms with Gasteiger partial charge in [0.15, 0.2) is 5.96 Å². The molecule has 0 radical (unpaired) electrons. The van der Waals surface area contributed by atoms with E-state index >= 15 is 0 Å². The molecule has 0 atom stereocenters. The average molecular weight is 364 g/mol. The first kappa shape index (κ1) is 19.3. The highest BCUT2D eigenvalue weighted by Gasteiger charge is 2.06. The lowest BCUT2D eigenvalue weighted by Crippen LogP contribution is -2.36. The number of hydrogen-bond donors (Lipinski definition) is 2. The van der Waals surface area contributed by atoms with Crippen LogP contribution in [0.1, 0.15) is 27.9 Å². The largest absolute Gasteiger partial charge is 0.352 e. The van der Waals surface area contributed by atoms with E-state index in [-0.39, 0.29) is 5.82 Å². The number of nitrogens with zero attached hydrogens (tertiary/aromatic N) is 3. The van der Waals surface area contributed by atoms with Gasteiger partial charge < -0.3 is 15.5 Å². The van der Waals surface area contributed by atoms with E-state index in [1.807, 2.05) is 31.3 Å². The Bertz CT molecular complexity index is 711. The topological polar surface area (TPSA) is 52.6 Å². The van der Waals surface area contributed by atoms with Crippen molar-refractivity contribution < 1.29 is 4.39 Å². The van der Waals surface area contributed by atoms with E-state index in [2.05, 4.69) is 27.5 Å². The lowest BCUT2D eigenvalue weighted by Gasteiger charge is -2.14. The molecule has 136 valence electrons. The number of aliphatic imine (C=N–C) groups is 1. The van der Waals surface area contributed by atoms with Gasteiger partial charge in [-0.3, -0.25) is 4.99 Å². The van der Waals surface area contributed by atoms with Crippen LogP contribution in [-0.4, -0.2) is 37.0 Å². The third kappa shape index (κ3) is 6.10. The van der Waals surface area contributed by atoms with Crippen molar-refractivity contribution >= 4 is 17.3 Å². The number of aryl methyl sites for hydroxylation is 1. The fraction of sp³-hybridized carbons (Fsp3) is 0.444. The SMILES string of the molecule is CCc1cnc(CNC(=NC)NCc2ccc(F)c(CN(C)C)c2)s1. The van der Waals surface area contributed by atoms with Gasteiger partial charge in [-0.25, -0.2) is 9.37 Å². The lowest BCUT2D eigenvalue weighted by molar-refractivity contribution is 0.392.